The Bertz CT molecular complexity index is 1030. The van der Waals surface area contributed by atoms with E-state index >= 15 is 0 Å². The van der Waals surface area contributed by atoms with E-state index in [2.05, 4.69) is 67.3 Å². The van der Waals surface area contributed by atoms with Crippen molar-refractivity contribution in [1.29, 1.82) is 0 Å². The van der Waals surface area contributed by atoms with Gasteiger partial charge in [-0.05, 0) is 111 Å². The molecule has 1 heterocycles. The summed E-state index contributed by atoms with van der Waals surface area (Å²) in [4.78, 5) is 0. The molecule has 35 heavy (non-hydrogen) atoms. The van der Waals surface area contributed by atoms with E-state index in [-0.39, 0.29) is 6.10 Å². The summed E-state index contributed by atoms with van der Waals surface area (Å²) < 4.78 is 2.13. The first-order valence-corrected chi connectivity index (χ1v) is 14.5. The Kier molecular flexibility index (Phi) is 6.12. The fourth-order valence-corrected chi connectivity index (χ4v) is 9.51. The smallest absolute Gasteiger partial charge is 0.0710 e. The van der Waals surface area contributed by atoms with Gasteiger partial charge in [-0.2, -0.15) is 5.10 Å². The third-order valence-electron chi connectivity index (χ3n) is 11.4. The van der Waals surface area contributed by atoms with E-state index in [4.69, 9.17) is 5.10 Å². The predicted molar refractivity (Wildman–Crippen MR) is 141 cm³/mol. The van der Waals surface area contributed by atoms with Crippen molar-refractivity contribution >= 4 is 0 Å². The van der Waals surface area contributed by atoms with Crippen LogP contribution in [0.3, 0.4) is 0 Å². The quantitative estimate of drug-likeness (QED) is 0.521. The standard InChI is InChI=1S/C31H45N3O/c1-4-32-19-21-20-34(23-8-6-5-7-9-23)33-29(21)28-13-12-26-25-11-10-22-18-24(35)14-16-30(22,2)27(25)15-17-31(26,28)3/h5-9,20,22,24-28,32,35H,4,10-19H2,1-3H3/t22?,24-,25-,26-,27-,28+,30-,31-/m0/s1. The number of hydrogen-bond donors (Lipinski definition) is 2. The summed E-state index contributed by atoms with van der Waals surface area (Å²) >= 11 is 0. The second-order valence-electron chi connectivity index (χ2n) is 12.9. The maximum Gasteiger partial charge on any atom is 0.0710 e. The molecule has 2 N–H and O–H groups in total. The van der Waals surface area contributed by atoms with E-state index in [1.807, 2.05) is 0 Å². The van der Waals surface area contributed by atoms with Crippen LogP contribution in [0.2, 0.25) is 0 Å². The average molecular weight is 476 g/mol. The molecule has 0 amide bonds. The van der Waals surface area contributed by atoms with Crippen molar-refractivity contribution < 1.29 is 5.11 Å². The third kappa shape index (κ3) is 3.82. The van der Waals surface area contributed by atoms with Crippen LogP contribution in [0, 0.1) is 34.5 Å². The van der Waals surface area contributed by atoms with Gasteiger partial charge in [0.15, 0.2) is 0 Å². The van der Waals surface area contributed by atoms with E-state index < -0.39 is 0 Å². The Labute approximate surface area is 211 Å². The summed E-state index contributed by atoms with van der Waals surface area (Å²) in [5, 5.41) is 19.2. The number of benzene rings is 1. The van der Waals surface area contributed by atoms with Gasteiger partial charge in [0.1, 0.15) is 0 Å². The molecule has 4 fully saturated rings. The van der Waals surface area contributed by atoms with Crippen LogP contribution in [0.5, 0.6) is 0 Å². The first-order valence-electron chi connectivity index (χ1n) is 14.5. The van der Waals surface area contributed by atoms with Crippen molar-refractivity contribution in [2.75, 3.05) is 6.54 Å². The van der Waals surface area contributed by atoms with Gasteiger partial charge in [0.25, 0.3) is 0 Å². The van der Waals surface area contributed by atoms with Crippen molar-refractivity contribution in [2.24, 2.45) is 34.5 Å². The summed E-state index contributed by atoms with van der Waals surface area (Å²) in [7, 11) is 0. The molecule has 1 aromatic carbocycles. The van der Waals surface area contributed by atoms with Crippen LogP contribution in [0.25, 0.3) is 5.69 Å². The molecule has 1 unspecified atom stereocenters. The summed E-state index contributed by atoms with van der Waals surface area (Å²) in [6.45, 7) is 9.31. The van der Waals surface area contributed by atoms with Crippen molar-refractivity contribution in [3.8, 4) is 5.69 Å². The highest BCUT2D eigenvalue weighted by Crippen LogP contribution is 2.69. The van der Waals surface area contributed by atoms with Gasteiger partial charge in [-0.3, -0.25) is 0 Å². The van der Waals surface area contributed by atoms with E-state index in [0.717, 1.165) is 55.3 Å². The van der Waals surface area contributed by atoms with Crippen LogP contribution in [0.1, 0.15) is 95.7 Å². The summed E-state index contributed by atoms with van der Waals surface area (Å²) in [5.41, 5.74) is 4.72. The zero-order valence-corrected chi connectivity index (χ0v) is 22.0. The topological polar surface area (TPSA) is 50.1 Å². The van der Waals surface area contributed by atoms with Crippen LogP contribution in [-0.2, 0) is 6.54 Å². The van der Waals surface area contributed by atoms with E-state index in [0.29, 0.717) is 16.7 Å². The van der Waals surface area contributed by atoms with Crippen molar-refractivity contribution in [2.45, 2.75) is 97.1 Å². The van der Waals surface area contributed by atoms with Crippen LogP contribution >= 0.6 is 0 Å². The van der Waals surface area contributed by atoms with Crippen LogP contribution in [0.4, 0.5) is 0 Å². The van der Waals surface area contributed by atoms with Crippen molar-refractivity contribution in [3.63, 3.8) is 0 Å². The highest BCUT2D eigenvalue weighted by molar-refractivity contribution is 5.35. The predicted octanol–water partition coefficient (Wildman–Crippen LogP) is 6.47. The molecule has 0 saturated heterocycles. The summed E-state index contributed by atoms with van der Waals surface area (Å²) in [5.74, 6) is 3.84. The zero-order chi connectivity index (χ0) is 24.2. The minimum atomic E-state index is -0.0516. The SMILES string of the molecule is CCNCc1cn(-c2ccccc2)nc1[C@H]1CC[C@H]2[C@@H]3CCC4C[C@@H](O)CC[C@]4(C)[C@H]3CC[C@]12C. The molecule has 190 valence electrons. The molecule has 2 aromatic rings. The molecule has 4 aliphatic rings. The Morgan fingerprint density at radius 1 is 0.971 bits per heavy atom. The molecular weight excluding hydrogens is 430 g/mol. The minimum absolute atomic E-state index is 0.0516. The number of nitrogens with zero attached hydrogens (tertiary/aromatic N) is 2. The summed E-state index contributed by atoms with van der Waals surface area (Å²) in [6, 6.07) is 10.6. The Balaban J connectivity index is 1.30. The molecule has 4 heteroatoms. The normalized spacial score (nSPS) is 40.7. The van der Waals surface area contributed by atoms with Gasteiger partial charge in [-0.25, -0.2) is 4.68 Å². The summed E-state index contributed by atoms with van der Waals surface area (Å²) in [6.07, 6.45) is 13.6. The molecule has 0 bridgehead atoms. The van der Waals surface area contributed by atoms with Crippen LogP contribution < -0.4 is 5.32 Å². The number of para-hydroxylation sites is 1. The third-order valence-corrected chi connectivity index (χ3v) is 11.4. The van der Waals surface area contributed by atoms with E-state index in [9.17, 15) is 5.11 Å². The highest BCUT2D eigenvalue weighted by Gasteiger charge is 2.60. The number of rotatable bonds is 5. The largest absolute Gasteiger partial charge is 0.393 e. The van der Waals surface area contributed by atoms with Gasteiger partial charge < -0.3 is 10.4 Å². The Hall–Kier alpha value is -1.65. The highest BCUT2D eigenvalue weighted by atomic mass is 16.3. The maximum atomic E-state index is 10.4. The van der Waals surface area contributed by atoms with Gasteiger partial charge in [0.2, 0.25) is 0 Å². The van der Waals surface area contributed by atoms with Crippen LogP contribution in [-0.4, -0.2) is 27.5 Å². The van der Waals surface area contributed by atoms with Crippen LogP contribution in [0.15, 0.2) is 36.5 Å². The number of nitrogens with one attached hydrogen (secondary N) is 1. The monoisotopic (exact) mass is 475 g/mol. The van der Waals surface area contributed by atoms with Gasteiger partial charge in [0.05, 0.1) is 17.5 Å². The first kappa shape index (κ1) is 23.7. The molecule has 0 spiro atoms. The Morgan fingerprint density at radius 3 is 2.54 bits per heavy atom. The van der Waals surface area contributed by atoms with Gasteiger partial charge in [-0.1, -0.05) is 39.0 Å². The number of aliphatic hydroxyl groups is 1. The lowest BCUT2D eigenvalue weighted by Crippen LogP contribution is -2.53. The van der Waals surface area contributed by atoms with Crippen molar-refractivity contribution in [1.82, 2.24) is 15.1 Å². The molecule has 6 rings (SSSR count). The average Bonchev–Trinajstić information content (AvgIpc) is 3.44. The van der Waals surface area contributed by atoms with Crippen molar-refractivity contribution in [3.05, 3.63) is 47.8 Å². The molecule has 0 aliphatic heterocycles. The second kappa shape index (κ2) is 9.03. The van der Waals surface area contributed by atoms with E-state index in [1.54, 1.807) is 0 Å². The lowest BCUT2D eigenvalue weighted by atomic mass is 9.44. The van der Waals surface area contributed by atoms with Gasteiger partial charge in [-0.15, -0.1) is 0 Å². The number of aliphatic hydroxyl groups excluding tert-OH is 1. The lowest BCUT2D eigenvalue weighted by molar-refractivity contribution is -0.123. The fourth-order valence-electron chi connectivity index (χ4n) is 9.51. The molecule has 8 atom stereocenters. The number of fused-ring (bicyclic) bond motifs is 5. The maximum absolute atomic E-state index is 10.4. The molecule has 0 radical (unpaired) electrons. The molecule has 4 aliphatic carbocycles. The van der Waals surface area contributed by atoms with Gasteiger partial charge >= 0.3 is 0 Å². The molecular formula is C31H45N3O. The lowest BCUT2D eigenvalue weighted by Gasteiger charge is -2.61. The zero-order valence-electron chi connectivity index (χ0n) is 22.0. The number of aromatic nitrogens is 2. The van der Waals surface area contributed by atoms with E-state index in [1.165, 1.54) is 56.2 Å². The first-order chi connectivity index (χ1) is 16.9. The molecule has 1 aromatic heterocycles. The molecule has 4 saturated carbocycles. The second-order valence-corrected chi connectivity index (χ2v) is 12.9. The fraction of sp³-hybridized carbons (Fsp3) is 0.710. The number of hydrogen-bond acceptors (Lipinski definition) is 3. The van der Waals surface area contributed by atoms with Gasteiger partial charge in [0, 0.05) is 24.2 Å². The Morgan fingerprint density at radius 2 is 1.74 bits per heavy atom. The minimum Gasteiger partial charge on any atom is -0.393 e. The molecule has 4 nitrogen and oxygen atoms in total.